The maximum atomic E-state index is 12.4. The summed E-state index contributed by atoms with van der Waals surface area (Å²) in [7, 11) is 0. The Morgan fingerprint density at radius 3 is 2.54 bits per heavy atom. The standard InChI is InChI=1S/C7H5F3N2O/c8-4-2-1-3(6(9)10)5(12-4)7(11)13/h1-2,6H,(H2,11,13). The van der Waals surface area contributed by atoms with E-state index in [0.29, 0.717) is 0 Å². The van der Waals surface area contributed by atoms with Crippen molar-refractivity contribution in [3.05, 3.63) is 29.3 Å². The quantitative estimate of drug-likeness (QED) is 0.713. The number of rotatable bonds is 2. The van der Waals surface area contributed by atoms with Crippen LogP contribution in [0.1, 0.15) is 22.5 Å². The molecule has 1 aromatic rings. The van der Waals surface area contributed by atoms with E-state index in [-0.39, 0.29) is 0 Å². The van der Waals surface area contributed by atoms with Crippen molar-refractivity contribution in [1.29, 1.82) is 0 Å². The number of hydrogen-bond acceptors (Lipinski definition) is 2. The second kappa shape index (κ2) is 3.42. The molecule has 1 amide bonds. The van der Waals surface area contributed by atoms with Crippen LogP contribution in [0.15, 0.2) is 12.1 Å². The summed E-state index contributed by atoms with van der Waals surface area (Å²) in [5.74, 6) is -2.19. The van der Waals surface area contributed by atoms with E-state index in [1.165, 1.54) is 0 Å². The molecule has 0 fully saturated rings. The summed E-state index contributed by atoms with van der Waals surface area (Å²) < 4.78 is 36.7. The predicted octanol–water partition coefficient (Wildman–Crippen LogP) is 1.26. The molecular formula is C7H5F3N2O. The van der Waals surface area contributed by atoms with Gasteiger partial charge in [0.25, 0.3) is 12.3 Å². The van der Waals surface area contributed by atoms with Crippen LogP contribution in [0.2, 0.25) is 0 Å². The number of alkyl halides is 2. The molecule has 1 heterocycles. The minimum atomic E-state index is -2.89. The van der Waals surface area contributed by atoms with Gasteiger partial charge >= 0.3 is 0 Å². The van der Waals surface area contributed by atoms with E-state index >= 15 is 0 Å². The van der Waals surface area contributed by atoms with Crippen LogP contribution in [0, 0.1) is 5.95 Å². The molecule has 0 saturated heterocycles. The van der Waals surface area contributed by atoms with Gasteiger partial charge in [0, 0.05) is 5.56 Å². The Balaban J connectivity index is 3.27. The van der Waals surface area contributed by atoms with Crippen molar-refractivity contribution in [2.24, 2.45) is 5.73 Å². The first-order chi connectivity index (χ1) is 6.02. The Morgan fingerprint density at radius 2 is 2.08 bits per heavy atom. The lowest BCUT2D eigenvalue weighted by atomic mass is 10.2. The highest BCUT2D eigenvalue weighted by atomic mass is 19.3. The lowest BCUT2D eigenvalue weighted by Crippen LogP contribution is -2.16. The van der Waals surface area contributed by atoms with Crippen molar-refractivity contribution in [2.75, 3.05) is 0 Å². The van der Waals surface area contributed by atoms with Crippen molar-refractivity contribution < 1.29 is 18.0 Å². The van der Waals surface area contributed by atoms with Gasteiger partial charge in [-0.15, -0.1) is 0 Å². The van der Waals surface area contributed by atoms with Crippen molar-refractivity contribution in [3.8, 4) is 0 Å². The molecule has 0 saturated carbocycles. The minimum Gasteiger partial charge on any atom is -0.364 e. The normalized spacial score (nSPS) is 10.5. The molecule has 0 radical (unpaired) electrons. The van der Waals surface area contributed by atoms with Crippen LogP contribution < -0.4 is 5.73 Å². The number of aromatic nitrogens is 1. The van der Waals surface area contributed by atoms with Crippen LogP contribution in [0.3, 0.4) is 0 Å². The highest BCUT2D eigenvalue weighted by molar-refractivity contribution is 5.92. The third kappa shape index (κ3) is 1.95. The van der Waals surface area contributed by atoms with E-state index in [0.717, 1.165) is 12.1 Å². The van der Waals surface area contributed by atoms with E-state index in [9.17, 15) is 18.0 Å². The number of amides is 1. The SMILES string of the molecule is NC(=O)c1nc(F)ccc1C(F)F. The second-order valence-electron chi connectivity index (χ2n) is 2.24. The lowest BCUT2D eigenvalue weighted by Gasteiger charge is -2.03. The van der Waals surface area contributed by atoms with Gasteiger partial charge in [-0.25, -0.2) is 13.8 Å². The van der Waals surface area contributed by atoms with Crippen LogP contribution in [-0.4, -0.2) is 10.9 Å². The number of hydrogen-bond donors (Lipinski definition) is 1. The number of nitrogens with two attached hydrogens (primary N) is 1. The van der Waals surface area contributed by atoms with Gasteiger partial charge in [-0.2, -0.15) is 4.39 Å². The van der Waals surface area contributed by atoms with Crippen LogP contribution >= 0.6 is 0 Å². The van der Waals surface area contributed by atoms with Gasteiger partial charge in [-0.3, -0.25) is 4.79 Å². The first kappa shape index (κ1) is 9.50. The number of primary amides is 1. The zero-order valence-corrected chi connectivity index (χ0v) is 6.30. The molecular weight excluding hydrogens is 185 g/mol. The Kier molecular flexibility index (Phi) is 2.50. The third-order valence-corrected chi connectivity index (χ3v) is 1.36. The molecule has 0 spiro atoms. The van der Waals surface area contributed by atoms with Crippen molar-refractivity contribution in [1.82, 2.24) is 4.98 Å². The molecule has 0 aliphatic carbocycles. The summed E-state index contributed by atoms with van der Waals surface area (Å²) >= 11 is 0. The summed E-state index contributed by atoms with van der Waals surface area (Å²) in [6.07, 6.45) is -2.89. The molecule has 0 aromatic carbocycles. The fourth-order valence-corrected chi connectivity index (χ4v) is 0.820. The summed E-state index contributed by atoms with van der Waals surface area (Å²) in [4.78, 5) is 13.5. The van der Waals surface area contributed by atoms with Crippen LogP contribution in [0.4, 0.5) is 13.2 Å². The van der Waals surface area contributed by atoms with Crippen LogP contribution in [0.5, 0.6) is 0 Å². The first-order valence-corrected chi connectivity index (χ1v) is 3.26. The van der Waals surface area contributed by atoms with Crippen molar-refractivity contribution >= 4 is 5.91 Å². The van der Waals surface area contributed by atoms with E-state index < -0.39 is 29.5 Å². The predicted molar refractivity (Wildman–Crippen MR) is 37.7 cm³/mol. The van der Waals surface area contributed by atoms with Gasteiger partial charge in [0.2, 0.25) is 5.95 Å². The van der Waals surface area contributed by atoms with Crippen LogP contribution in [0.25, 0.3) is 0 Å². The molecule has 70 valence electrons. The zero-order valence-electron chi connectivity index (χ0n) is 6.30. The van der Waals surface area contributed by atoms with Gasteiger partial charge in [-0.05, 0) is 12.1 Å². The average molecular weight is 190 g/mol. The fourth-order valence-electron chi connectivity index (χ4n) is 0.820. The van der Waals surface area contributed by atoms with E-state index in [1.54, 1.807) is 0 Å². The molecule has 1 rings (SSSR count). The Labute approximate surface area is 71.4 Å². The summed E-state index contributed by atoms with van der Waals surface area (Å²) in [5.41, 5.74) is 3.33. The highest BCUT2D eigenvalue weighted by Crippen LogP contribution is 2.21. The molecule has 0 atom stereocenters. The Hall–Kier alpha value is -1.59. The smallest absolute Gasteiger partial charge is 0.267 e. The van der Waals surface area contributed by atoms with Gasteiger partial charge in [0.15, 0.2) is 0 Å². The van der Waals surface area contributed by atoms with Gasteiger partial charge in [0.05, 0.1) is 0 Å². The molecule has 0 unspecified atom stereocenters. The largest absolute Gasteiger partial charge is 0.364 e. The number of pyridine rings is 1. The molecule has 0 aliphatic rings. The molecule has 6 heteroatoms. The number of carbonyl (C=O) groups is 1. The minimum absolute atomic E-state index is 0.658. The molecule has 3 nitrogen and oxygen atoms in total. The van der Waals surface area contributed by atoms with Crippen LogP contribution in [-0.2, 0) is 0 Å². The molecule has 2 N–H and O–H groups in total. The Bertz CT molecular complexity index is 341. The molecule has 0 bridgehead atoms. The van der Waals surface area contributed by atoms with Gasteiger partial charge in [0.1, 0.15) is 5.69 Å². The fraction of sp³-hybridized carbons (Fsp3) is 0.143. The highest BCUT2D eigenvalue weighted by Gasteiger charge is 2.18. The maximum Gasteiger partial charge on any atom is 0.267 e. The summed E-state index contributed by atoms with van der Waals surface area (Å²) in [5, 5.41) is 0. The Morgan fingerprint density at radius 1 is 1.46 bits per heavy atom. The van der Waals surface area contributed by atoms with E-state index in [1.807, 2.05) is 0 Å². The lowest BCUT2D eigenvalue weighted by molar-refractivity contribution is 0.0978. The molecule has 0 aliphatic heterocycles. The van der Waals surface area contributed by atoms with E-state index in [2.05, 4.69) is 4.98 Å². The monoisotopic (exact) mass is 190 g/mol. The summed E-state index contributed by atoms with van der Waals surface area (Å²) in [6.45, 7) is 0. The zero-order chi connectivity index (χ0) is 10.0. The number of halogens is 3. The maximum absolute atomic E-state index is 12.4. The first-order valence-electron chi connectivity index (χ1n) is 3.26. The third-order valence-electron chi connectivity index (χ3n) is 1.36. The summed E-state index contributed by atoms with van der Waals surface area (Å²) in [6, 6.07) is 1.53. The molecule has 1 aromatic heterocycles. The van der Waals surface area contributed by atoms with Gasteiger partial charge in [-0.1, -0.05) is 0 Å². The second-order valence-corrected chi connectivity index (χ2v) is 2.24. The topological polar surface area (TPSA) is 56.0 Å². The van der Waals surface area contributed by atoms with E-state index in [4.69, 9.17) is 5.73 Å². The van der Waals surface area contributed by atoms with Crippen molar-refractivity contribution in [2.45, 2.75) is 6.43 Å². The van der Waals surface area contributed by atoms with Gasteiger partial charge < -0.3 is 5.73 Å². The number of carbonyl (C=O) groups excluding carboxylic acids is 1. The number of nitrogens with zero attached hydrogens (tertiary/aromatic N) is 1. The van der Waals surface area contributed by atoms with Crippen molar-refractivity contribution in [3.63, 3.8) is 0 Å². The molecule has 13 heavy (non-hydrogen) atoms. The average Bonchev–Trinajstić information content (AvgIpc) is 2.03.